The molecular weight excluding hydrogens is 470 g/mol. The highest BCUT2D eigenvalue weighted by Crippen LogP contribution is 2.24. The number of aryl methyl sites for hydroxylation is 2. The van der Waals surface area contributed by atoms with Crippen molar-refractivity contribution in [2.45, 2.75) is 20.4 Å². The maximum Gasteiger partial charge on any atom is 0.193 e. The standard InChI is InChI=1S/C21H21FN4O.HI/c1-14-5-7-17(10-15(14)2)26-21(23)25-12-16-6-8-20(19(22)11-16)27-18-4-3-9-24-13-18;/h3-11,13H,12H2,1-2H3,(H3,23,25,26);1H. The van der Waals surface area contributed by atoms with Crippen molar-refractivity contribution in [1.82, 2.24) is 4.98 Å². The molecule has 0 aliphatic heterocycles. The lowest BCUT2D eigenvalue weighted by atomic mass is 10.1. The topological polar surface area (TPSA) is 72.5 Å². The number of nitrogens with two attached hydrogens (primary N) is 1. The molecule has 0 saturated carbocycles. The lowest BCUT2D eigenvalue weighted by Gasteiger charge is -2.09. The first-order chi connectivity index (χ1) is 13.0. The van der Waals surface area contributed by atoms with Crippen molar-refractivity contribution in [2.24, 2.45) is 10.7 Å². The molecule has 2 aromatic carbocycles. The largest absolute Gasteiger partial charge is 0.453 e. The van der Waals surface area contributed by atoms with Crippen LogP contribution in [0.15, 0.2) is 65.9 Å². The summed E-state index contributed by atoms with van der Waals surface area (Å²) in [6, 6.07) is 14.1. The summed E-state index contributed by atoms with van der Waals surface area (Å²) >= 11 is 0. The van der Waals surface area contributed by atoms with Crippen LogP contribution in [0.4, 0.5) is 10.1 Å². The summed E-state index contributed by atoms with van der Waals surface area (Å²) in [5, 5.41) is 3.04. The number of pyridine rings is 1. The van der Waals surface area contributed by atoms with E-state index >= 15 is 0 Å². The molecule has 3 rings (SSSR count). The molecule has 0 aliphatic carbocycles. The molecule has 0 spiro atoms. The summed E-state index contributed by atoms with van der Waals surface area (Å²) in [4.78, 5) is 8.20. The van der Waals surface area contributed by atoms with Crippen LogP contribution in [0.1, 0.15) is 16.7 Å². The average molecular weight is 492 g/mol. The number of nitrogens with zero attached hydrogens (tertiary/aromatic N) is 2. The van der Waals surface area contributed by atoms with Crippen LogP contribution in [0, 0.1) is 19.7 Å². The average Bonchev–Trinajstić information content (AvgIpc) is 2.66. The van der Waals surface area contributed by atoms with E-state index in [1.807, 2.05) is 32.0 Å². The van der Waals surface area contributed by atoms with E-state index < -0.39 is 5.82 Å². The van der Waals surface area contributed by atoms with E-state index in [9.17, 15) is 4.39 Å². The molecule has 3 N–H and O–H groups in total. The third kappa shape index (κ3) is 5.91. The minimum atomic E-state index is -0.466. The molecular formula is C21H22FIN4O. The minimum absolute atomic E-state index is 0. The number of hydrogen-bond donors (Lipinski definition) is 2. The molecule has 5 nitrogen and oxygen atoms in total. The van der Waals surface area contributed by atoms with Crippen LogP contribution in [0.3, 0.4) is 0 Å². The van der Waals surface area contributed by atoms with Gasteiger partial charge in [-0.2, -0.15) is 0 Å². The van der Waals surface area contributed by atoms with Gasteiger partial charge in [0.15, 0.2) is 17.5 Å². The molecule has 1 heterocycles. The summed E-state index contributed by atoms with van der Waals surface area (Å²) in [5.41, 5.74) is 9.86. The fourth-order valence-electron chi connectivity index (χ4n) is 2.44. The van der Waals surface area contributed by atoms with Crippen LogP contribution >= 0.6 is 24.0 Å². The Hall–Kier alpha value is -2.68. The van der Waals surface area contributed by atoms with Gasteiger partial charge in [-0.25, -0.2) is 9.38 Å². The van der Waals surface area contributed by atoms with Gasteiger partial charge in [0.25, 0.3) is 0 Å². The van der Waals surface area contributed by atoms with Crippen LogP contribution in [0.5, 0.6) is 11.5 Å². The van der Waals surface area contributed by atoms with Crippen molar-refractivity contribution in [3.63, 3.8) is 0 Å². The van der Waals surface area contributed by atoms with Crippen LogP contribution in [0.25, 0.3) is 0 Å². The predicted octanol–water partition coefficient (Wildman–Crippen LogP) is 5.17. The molecule has 3 aromatic rings. The lowest BCUT2D eigenvalue weighted by Crippen LogP contribution is -2.22. The van der Waals surface area contributed by atoms with Gasteiger partial charge in [0.1, 0.15) is 5.75 Å². The SMILES string of the molecule is Cc1ccc(NC(N)=NCc2ccc(Oc3cccnc3)c(F)c2)cc1C.I. The van der Waals surface area contributed by atoms with Crippen molar-refractivity contribution in [3.8, 4) is 11.5 Å². The number of nitrogens with one attached hydrogen (secondary N) is 1. The maximum absolute atomic E-state index is 14.2. The van der Waals surface area contributed by atoms with Gasteiger partial charge in [0.05, 0.1) is 12.7 Å². The third-order valence-corrected chi connectivity index (χ3v) is 4.07. The van der Waals surface area contributed by atoms with E-state index in [4.69, 9.17) is 10.5 Å². The molecule has 0 aliphatic rings. The van der Waals surface area contributed by atoms with Crippen LogP contribution < -0.4 is 15.8 Å². The minimum Gasteiger partial charge on any atom is -0.453 e. The zero-order valence-electron chi connectivity index (χ0n) is 15.6. The van der Waals surface area contributed by atoms with E-state index in [1.165, 1.54) is 23.4 Å². The van der Waals surface area contributed by atoms with Crippen molar-refractivity contribution >= 4 is 35.6 Å². The Balaban J connectivity index is 0.00000280. The van der Waals surface area contributed by atoms with Gasteiger partial charge >= 0.3 is 0 Å². The van der Waals surface area contributed by atoms with Gasteiger partial charge in [-0.1, -0.05) is 12.1 Å². The highest BCUT2D eigenvalue weighted by molar-refractivity contribution is 14.0. The number of hydrogen-bond acceptors (Lipinski definition) is 3. The summed E-state index contributed by atoms with van der Waals surface area (Å²) in [5.74, 6) is 0.419. The van der Waals surface area contributed by atoms with Gasteiger partial charge in [0, 0.05) is 11.9 Å². The van der Waals surface area contributed by atoms with Gasteiger partial charge in [-0.15, -0.1) is 24.0 Å². The Morgan fingerprint density at radius 3 is 2.64 bits per heavy atom. The van der Waals surface area contributed by atoms with Gasteiger partial charge in [-0.05, 0) is 66.9 Å². The molecule has 0 amide bonds. The molecule has 7 heteroatoms. The van der Waals surface area contributed by atoms with E-state index in [2.05, 4.69) is 15.3 Å². The number of halogens is 2. The molecule has 0 bridgehead atoms. The number of benzene rings is 2. The molecule has 0 radical (unpaired) electrons. The second kappa shape index (κ2) is 10.0. The van der Waals surface area contributed by atoms with E-state index in [0.717, 1.165) is 5.69 Å². The maximum atomic E-state index is 14.2. The van der Waals surface area contributed by atoms with Gasteiger partial charge in [0.2, 0.25) is 0 Å². The zero-order chi connectivity index (χ0) is 19.2. The Morgan fingerprint density at radius 2 is 1.96 bits per heavy atom. The molecule has 0 atom stereocenters. The Bertz CT molecular complexity index is 964. The quantitative estimate of drug-likeness (QED) is 0.293. The summed E-state index contributed by atoms with van der Waals surface area (Å²) in [6.07, 6.45) is 3.15. The number of aliphatic imine (C=N–C) groups is 1. The molecule has 1 aromatic heterocycles. The summed E-state index contributed by atoms with van der Waals surface area (Å²) in [6.45, 7) is 4.34. The molecule has 0 fully saturated rings. The number of aromatic nitrogens is 1. The number of anilines is 1. The summed E-state index contributed by atoms with van der Waals surface area (Å²) < 4.78 is 19.7. The first-order valence-corrected chi connectivity index (χ1v) is 8.52. The Labute approximate surface area is 180 Å². The molecule has 146 valence electrons. The third-order valence-electron chi connectivity index (χ3n) is 4.07. The monoisotopic (exact) mass is 492 g/mol. The number of ether oxygens (including phenoxy) is 1. The number of guanidine groups is 1. The molecule has 28 heavy (non-hydrogen) atoms. The fourth-order valence-corrected chi connectivity index (χ4v) is 2.44. The lowest BCUT2D eigenvalue weighted by molar-refractivity contribution is 0.440. The molecule has 0 unspecified atom stereocenters. The predicted molar refractivity (Wildman–Crippen MR) is 121 cm³/mol. The second-order valence-corrected chi connectivity index (χ2v) is 6.18. The van der Waals surface area contributed by atoms with Crippen molar-refractivity contribution in [1.29, 1.82) is 0 Å². The normalized spacial score (nSPS) is 10.9. The van der Waals surface area contributed by atoms with E-state index in [1.54, 1.807) is 30.5 Å². The van der Waals surface area contributed by atoms with Crippen molar-refractivity contribution in [2.75, 3.05) is 5.32 Å². The number of rotatable bonds is 5. The van der Waals surface area contributed by atoms with Gasteiger partial charge in [-0.3, -0.25) is 4.98 Å². The highest BCUT2D eigenvalue weighted by Gasteiger charge is 2.06. The highest BCUT2D eigenvalue weighted by atomic mass is 127. The second-order valence-electron chi connectivity index (χ2n) is 6.18. The van der Waals surface area contributed by atoms with Gasteiger partial charge < -0.3 is 15.8 Å². The van der Waals surface area contributed by atoms with E-state index in [0.29, 0.717) is 11.3 Å². The Kier molecular flexibility index (Phi) is 7.74. The zero-order valence-corrected chi connectivity index (χ0v) is 18.0. The first-order valence-electron chi connectivity index (χ1n) is 8.52. The fraction of sp³-hybridized carbons (Fsp3) is 0.143. The summed E-state index contributed by atoms with van der Waals surface area (Å²) in [7, 11) is 0. The van der Waals surface area contributed by atoms with Crippen molar-refractivity contribution < 1.29 is 9.13 Å². The molecule has 0 saturated heterocycles. The first kappa shape index (κ1) is 21.6. The Morgan fingerprint density at radius 1 is 1.14 bits per heavy atom. The van der Waals surface area contributed by atoms with Crippen LogP contribution in [-0.4, -0.2) is 10.9 Å². The van der Waals surface area contributed by atoms with Crippen LogP contribution in [0.2, 0.25) is 0 Å². The van der Waals surface area contributed by atoms with Crippen LogP contribution in [-0.2, 0) is 6.54 Å². The smallest absolute Gasteiger partial charge is 0.193 e. The van der Waals surface area contributed by atoms with E-state index in [-0.39, 0.29) is 42.2 Å². The van der Waals surface area contributed by atoms with Crippen molar-refractivity contribution in [3.05, 3.63) is 83.4 Å².